The van der Waals surface area contributed by atoms with Crippen LogP contribution in [-0.2, 0) is 4.74 Å². The van der Waals surface area contributed by atoms with Crippen molar-refractivity contribution in [1.82, 2.24) is 5.32 Å². The average molecular weight is 253 g/mol. The monoisotopic (exact) mass is 253 g/mol. The fraction of sp³-hybridized carbons (Fsp3) is 0.462. The summed E-state index contributed by atoms with van der Waals surface area (Å²) < 4.78 is 5.11. The number of thiophene rings is 1. The molecule has 1 amide bonds. The molecule has 1 heterocycles. The normalized spacial score (nSPS) is 11.8. The summed E-state index contributed by atoms with van der Waals surface area (Å²) in [6, 6.07) is 4.13. The first kappa shape index (κ1) is 13.8. The number of amides is 1. The highest BCUT2D eigenvalue weighted by molar-refractivity contribution is 7.12. The molecule has 0 fully saturated rings. The molecule has 1 rings (SSSR count). The number of hydrogen-bond acceptors (Lipinski definition) is 3. The molecule has 3 nitrogen and oxygen atoms in total. The second-order valence-corrected chi connectivity index (χ2v) is 6.05. The van der Waals surface area contributed by atoms with E-state index in [-0.39, 0.29) is 6.09 Å². The first-order valence-corrected chi connectivity index (χ1v) is 6.38. The van der Waals surface area contributed by atoms with E-state index in [1.807, 2.05) is 32.9 Å². The Balaban J connectivity index is 2.28. The molecule has 0 atom stereocenters. The van der Waals surface area contributed by atoms with E-state index in [1.165, 1.54) is 9.75 Å². The lowest BCUT2D eigenvalue weighted by Gasteiger charge is -2.19. The van der Waals surface area contributed by atoms with Crippen LogP contribution < -0.4 is 5.32 Å². The maximum absolute atomic E-state index is 11.3. The van der Waals surface area contributed by atoms with E-state index in [1.54, 1.807) is 11.3 Å². The van der Waals surface area contributed by atoms with E-state index in [4.69, 9.17) is 4.74 Å². The molecule has 17 heavy (non-hydrogen) atoms. The number of rotatable bonds is 3. The van der Waals surface area contributed by atoms with Crippen molar-refractivity contribution in [2.75, 3.05) is 6.54 Å². The fourth-order valence-electron chi connectivity index (χ4n) is 1.17. The molecule has 0 aliphatic heterocycles. The summed E-state index contributed by atoms with van der Waals surface area (Å²) in [6.45, 7) is 8.08. The smallest absolute Gasteiger partial charge is 0.407 e. The zero-order valence-corrected chi connectivity index (χ0v) is 11.6. The first-order chi connectivity index (χ1) is 7.87. The second kappa shape index (κ2) is 5.87. The van der Waals surface area contributed by atoms with Gasteiger partial charge in [-0.25, -0.2) is 4.79 Å². The van der Waals surface area contributed by atoms with E-state index in [0.717, 1.165) is 0 Å². The molecule has 0 aliphatic carbocycles. The van der Waals surface area contributed by atoms with Crippen LogP contribution in [0.2, 0.25) is 0 Å². The molecule has 0 spiro atoms. The molecule has 0 radical (unpaired) electrons. The van der Waals surface area contributed by atoms with Gasteiger partial charge in [-0.15, -0.1) is 11.3 Å². The largest absolute Gasteiger partial charge is 0.444 e. The van der Waals surface area contributed by atoms with E-state index in [2.05, 4.69) is 24.4 Å². The molecular formula is C13H19NO2S. The maximum Gasteiger partial charge on any atom is 0.407 e. The summed E-state index contributed by atoms with van der Waals surface area (Å²) >= 11 is 1.73. The molecule has 0 aromatic carbocycles. The summed E-state index contributed by atoms with van der Waals surface area (Å²) in [4.78, 5) is 13.8. The summed E-state index contributed by atoms with van der Waals surface area (Å²) in [5.41, 5.74) is -0.446. The van der Waals surface area contributed by atoms with Gasteiger partial charge >= 0.3 is 6.09 Å². The van der Waals surface area contributed by atoms with Crippen molar-refractivity contribution in [2.24, 2.45) is 0 Å². The third kappa shape index (κ3) is 6.12. The molecule has 0 bridgehead atoms. The third-order valence-electron chi connectivity index (χ3n) is 1.81. The van der Waals surface area contributed by atoms with Gasteiger partial charge in [0.25, 0.3) is 0 Å². The lowest BCUT2D eigenvalue weighted by atomic mass is 10.2. The van der Waals surface area contributed by atoms with Crippen LogP contribution in [0.3, 0.4) is 0 Å². The van der Waals surface area contributed by atoms with Crippen molar-refractivity contribution in [3.63, 3.8) is 0 Å². The van der Waals surface area contributed by atoms with Gasteiger partial charge in [-0.2, -0.15) is 0 Å². The second-order valence-electron chi connectivity index (χ2n) is 4.73. The fourth-order valence-corrected chi connectivity index (χ4v) is 1.98. The molecule has 4 heteroatoms. The van der Waals surface area contributed by atoms with Crippen LogP contribution in [0.25, 0.3) is 6.08 Å². The van der Waals surface area contributed by atoms with Gasteiger partial charge in [-0.1, -0.05) is 6.08 Å². The molecule has 94 valence electrons. The van der Waals surface area contributed by atoms with Crippen LogP contribution in [0.5, 0.6) is 0 Å². The van der Waals surface area contributed by atoms with Gasteiger partial charge in [0.15, 0.2) is 0 Å². The number of alkyl carbamates (subject to hydrolysis) is 1. The summed E-state index contributed by atoms with van der Waals surface area (Å²) in [6.07, 6.45) is 3.52. The van der Waals surface area contributed by atoms with Crippen LogP contribution in [0.4, 0.5) is 4.79 Å². The minimum atomic E-state index is -0.446. The molecule has 1 N–H and O–H groups in total. The van der Waals surface area contributed by atoms with Gasteiger partial charge in [0, 0.05) is 16.3 Å². The van der Waals surface area contributed by atoms with Crippen molar-refractivity contribution in [1.29, 1.82) is 0 Å². The van der Waals surface area contributed by atoms with Gasteiger partial charge in [-0.3, -0.25) is 0 Å². The third-order valence-corrected chi connectivity index (χ3v) is 2.77. The Hall–Kier alpha value is -1.29. The van der Waals surface area contributed by atoms with Crippen LogP contribution in [-0.4, -0.2) is 18.2 Å². The molecule has 1 aromatic heterocycles. The molecule has 0 saturated heterocycles. The zero-order valence-electron chi connectivity index (χ0n) is 10.7. The minimum Gasteiger partial charge on any atom is -0.444 e. The maximum atomic E-state index is 11.3. The van der Waals surface area contributed by atoms with Crippen LogP contribution in [0.15, 0.2) is 18.2 Å². The molecule has 0 aliphatic rings. The van der Waals surface area contributed by atoms with Gasteiger partial charge in [0.2, 0.25) is 0 Å². The van der Waals surface area contributed by atoms with E-state index in [0.29, 0.717) is 6.54 Å². The number of aryl methyl sites for hydroxylation is 1. The van der Waals surface area contributed by atoms with Crippen LogP contribution >= 0.6 is 11.3 Å². The highest BCUT2D eigenvalue weighted by Crippen LogP contribution is 2.16. The topological polar surface area (TPSA) is 38.3 Å². The first-order valence-electron chi connectivity index (χ1n) is 5.57. The van der Waals surface area contributed by atoms with E-state index in [9.17, 15) is 4.79 Å². The Labute approximate surface area is 106 Å². The highest BCUT2D eigenvalue weighted by Gasteiger charge is 2.14. The van der Waals surface area contributed by atoms with Gasteiger partial charge in [0.05, 0.1) is 0 Å². The molecular weight excluding hydrogens is 234 g/mol. The lowest BCUT2D eigenvalue weighted by molar-refractivity contribution is 0.0534. The SMILES string of the molecule is Cc1ccc(/C=C/CNC(=O)OC(C)(C)C)s1. The number of carbonyl (C=O) groups is 1. The summed E-state index contributed by atoms with van der Waals surface area (Å²) in [7, 11) is 0. The van der Waals surface area contributed by atoms with Crippen LogP contribution in [0.1, 0.15) is 30.5 Å². The number of carbonyl (C=O) groups excluding carboxylic acids is 1. The van der Waals surface area contributed by atoms with Crippen molar-refractivity contribution < 1.29 is 9.53 Å². The molecule has 1 aromatic rings. The zero-order chi connectivity index (χ0) is 12.9. The molecule has 0 unspecified atom stereocenters. The van der Waals surface area contributed by atoms with E-state index < -0.39 is 5.60 Å². The van der Waals surface area contributed by atoms with Gasteiger partial charge in [0.1, 0.15) is 5.60 Å². The predicted molar refractivity (Wildman–Crippen MR) is 72.3 cm³/mol. The average Bonchev–Trinajstić information content (AvgIpc) is 2.56. The summed E-state index contributed by atoms with van der Waals surface area (Å²) in [5.74, 6) is 0. The lowest BCUT2D eigenvalue weighted by Crippen LogP contribution is -2.32. The standard InChI is InChI=1S/C13H19NO2S/c1-10-7-8-11(17-10)6-5-9-14-12(15)16-13(2,3)4/h5-8H,9H2,1-4H3,(H,14,15)/b6-5+. The van der Waals surface area contributed by atoms with Crippen molar-refractivity contribution in [3.8, 4) is 0 Å². The van der Waals surface area contributed by atoms with Gasteiger partial charge in [-0.05, 0) is 45.9 Å². The molecule has 0 saturated carbocycles. The Morgan fingerprint density at radius 1 is 1.47 bits per heavy atom. The quantitative estimate of drug-likeness (QED) is 0.894. The number of nitrogens with one attached hydrogen (secondary N) is 1. The number of ether oxygens (including phenoxy) is 1. The Kier molecular flexibility index (Phi) is 4.75. The summed E-state index contributed by atoms with van der Waals surface area (Å²) in [5, 5.41) is 2.67. The Morgan fingerprint density at radius 2 is 2.18 bits per heavy atom. The predicted octanol–water partition coefficient (Wildman–Crippen LogP) is 3.59. The van der Waals surface area contributed by atoms with Crippen LogP contribution in [0, 0.1) is 6.92 Å². The minimum absolute atomic E-state index is 0.385. The Bertz CT molecular complexity index is 402. The highest BCUT2D eigenvalue weighted by atomic mass is 32.1. The van der Waals surface area contributed by atoms with E-state index >= 15 is 0 Å². The van der Waals surface area contributed by atoms with Crippen molar-refractivity contribution in [3.05, 3.63) is 28.0 Å². The van der Waals surface area contributed by atoms with Crippen molar-refractivity contribution >= 4 is 23.5 Å². The van der Waals surface area contributed by atoms with Gasteiger partial charge < -0.3 is 10.1 Å². The number of hydrogen-bond donors (Lipinski definition) is 1. The van der Waals surface area contributed by atoms with Crippen molar-refractivity contribution in [2.45, 2.75) is 33.3 Å². The Morgan fingerprint density at radius 3 is 2.71 bits per heavy atom.